The van der Waals surface area contributed by atoms with Gasteiger partial charge < -0.3 is 15.2 Å². The molecule has 5 heteroatoms. The summed E-state index contributed by atoms with van der Waals surface area (Å²) in [5.41, 5.74) is 1.35. The summed E-state index contributed by atoms with van der Waals surface area (Å²) >= 11 is 0. The molecule has 0 radical (unpaired) electrons. The number of methoxy groups -OCH3 is 1. The van der Waals surface area contributed by atoms with Crippen molar-refractivity contribution in [2.24, 2.45) is 0 Å². The third-order valence-corrected chi connectivity index (χ3v) is 2.87. The van der Waals surface area contributed by atoms with Crippen LogP contribution in [0.1, 0.15) is 22.3 Å². The second-order valence-electron chi connectivity index (χ2n) is 3.93. The van der Waals surface area contributed by atoms with E-state index in [4.69, 9.17) is 9.84 Å². The molecule has 1 aliphatic heterocycles. The number of carbonyl (C=O) groups is 2. The Bertz CT molecular complexity index is 470. The summed E-state index contributed by atoms with van der Waals surface area (Å²) in [4.78, 5) is 22.7. The van der Waals surface area contributed by atoms with Gasteiger partial charge in [-0.2, -0.15) is 0 Å². The van der Waals surface area contributed by atoms with E-state index in [-0.39, 0.29) is 5.91 Å². The van der Waals surface area contributed by atoms with Gasteiger partial charge in [-0.25, -0.2) is 4.79 Å². The Morgan fingerprint density at radius 1 is 1.53 bits per heavy atom. The van der Waals surface area contributed by atoms with Crippen molar-refractivity contribution in [3.05, 3.63) is 29.3 Å². The van der Waals surface area contributed by atoms with Gasteiger partial charge in [0.2, 0.25) is 0 Å². The molecule has 2 rings (SSSR count). The minimum absolute atomic E-state index is 0.358. The maximum absolute atomic E-state index is 11.9. The second-order valence-corrected chi connectivity index (χ2v) is 3.93. The fourth-order valence-corrected chi connectivity index (χ4v) is 1.91. The lowest BCUT2D eigenvalue weighted by Gasteiger charge is -2.09. The van der Waals surface area contributed by atoms with Crippen molar-refractivity contribution in [3.8, 4) is 5.75 Å². The zero-order chi connectivity index (χ0) is 12.4. The second kappa shape index (κ2) is 4.45. The van der Waals surface area contributed by atoms with Crippen LogP contribution in [-0.2, 0) is 11.2 Å². The molecule has 0 fully saturated rings. The molecule has 1 heterocycles. The number of ether oxygens (including phenoxy) is 1. The molecule has 90 valence electrons. The summed E-state index contributed by atoms with van der Waals surface area (Å²) in [6, 6.07) is 4.39. The van der Waals surface area contributed by atoms with E-state index in [9.17, 15) is 9.59 Å². The minimum Gasteiger partial charge on any atom is -0.497 e. The fraction of sp³-hybridized carbons (Fsp3) is 0.333. The van der Waals surface area contributed by atoms with Gasteiger partial charge in [-0.1, -0.05) is 6.07 Å². The first-order valence-electron chi connectivity index (χ1n) is 5.32. The van der Waals surface area contributed by atoms with Gasteiger partial charge in [-0.15, -0.1) is 0 Å². The van der Waals surface area contributed by atoms with Crippen LogP contribution in [0.4, 0.5) is 0 Å². The summed E-state index contributed by atoms with van der Waals surface area (Å²) in [7, 11) is 1.52. The van der Waals surface area contributed by atoms with Gasteiger partial charge in [0, 0.05) is 5.56 Å². The van der Waals surface area contributed by atoms with Crippen LogP contribution >= 0.6 is 0 Å². The van der Waals surface area contributed by atoms with Crippen molar-refractivity contribution in [1.29, 1.82) is 0 Å². The third kappa shape index (κ3) is 2.22. The van der Waals surface area contributed by atoms with Crippen molar-refractivity contribution < 1.29 is 19.4 Å². The Morgan fingerprint density at radius 3 is 2.94 bits per heavy atom. The topological polar surface area (TPSA) is 75.6 Å². The van der Waals surface area contributed by atoms with E-state index in [0.29, 0.717) is 24.2 Å². The highest BCUT2D eigenvalue weighted by atomic mass is 16.5. The molecule has 1 amide bonds. The van der Waals surface area contributed by atoms with Crippen LogP contribution < -0.4 is 10.1 Å². The molecule has 0 aliphatic carbocycles. The monoisotopic (exact) mass is 235 g/mol. The third-order valence-electron chi connectivity index (χ3n) is 2.87. The van der Waals surface area contributed by atoms with Crippen molar-refractivity contribution in [1.82, 2.24) is 5.32 Å². The molecule has 1 aromatic rings. The lowest BCUT2D eigenvalue weighted by Crippen LogP contribution is -2.39. The molecule has 1 atom stereocenters. The van der Waals surface area contributed by atoms with Gasteiger partial charge in [0.25, 0.3) is 5.91 Å². The molecule has 0 saturated heterocycles. The smallest absolute Gasteiger partial charge is 0.326 e. The summed E-state index contributed by atoms with van der Waals surface area (Å²) in [6.45, 7) is 0. The molecule has 1 aromatic carbocycles. The maximum Gasteiger partial charge on any atom is 0.326 e. The highest BCUT2D eigenvalue weighted by Gasteiger charge is 2.26. The first-order valence-corrected chi connectivity index (χ1v) is 5.32. The predicted molar refractivity (Wildman–Crippen MR) is 60.2 cm³/mol. The standard InChI is InChI=1S/C12H13NO4/c1-17-8-4-2-7-3-5-10(12(15)16)13-11(14)9(7)6-8/h2,4,6,10H,3,5H2,1H3,(H,13,14)(H,15,16). The Labute approximate surface area is 98.4 Å². The summed E-state index contributed by atoms with van der Waals surface area (Å²) < 4.78 is 5.05. The van der Waals surface area contributed by atoms with Crippen LogP contribution in [0.2, 0.25) is 0 Å². The van der Waals surface area contributed by atoms with E-state index in [2.05, 4.69) is 5.32 Å². The Balaban J connectivity index is 2.34. The maximum atomic E-state index is 11.9. The normalized spacial score (nSPS) is 18.9. The number of rotatable bonds is 2. The van der Waals surface area contributed by atoms with Crippen molar-refractivity contribution in [2.75, 3.05) is 7.11 Å². The molecule has 5 nitrogen and oxygen atoms in total. The number of carboxylic acid groups (broad SMARTS) is 1. The zero-order valence-corrected chi connectivity index (χ0v) is 9.40. The van der Waals surface area contributed by atoms with Gasteiger partial charge in [0.1, 0.15) is 11.8 Å². The number of aryl methyl sites for hydroxylation is 1. The number of nitrogens with one attached hydrogen (secondary N) is 1. The molecule has 0 spiro atoms. The number of carboxylic acids is 1. The molecule has 0 aromatic heterocycles. The van der Waals surface area contributed by atoms with Crippen LogP contribution in [-0.4, -0.2) is 30.1 Å². The molecular weight excluding hydrogens is 222 g/mol. The molecule has 17 heavy (non-hydrogen) atoms. The predicted octanol–water partition coefficient (Wildman–Crippen LogP) is 0.824. The van der Waals surface area contributed by atoms with Crippen LogP contribution in [0.5, 0.6) is 5.75 Å². The molecule has 2 N–H and O–H groups in total. The van der Waals surface area contributed by atoms with Crippen LogP contribution in [0.3, 0.4) is 0 Å². The number of fused-ring (bicyclic) bond motifs is 1. The zero-order valence-electron chi connectivity index (χ0n) is 9.40. The van der Waals surface area contributed by atoms with Crippen molar-refractivity contribution in [3.63, 3.8) is 0 Å². The van der Waals surface area contributed by atoms with E-state index < -0.39 is 12.0 Å². The number of carbonyl (C=O) groups excluding carboxylic acids is 1. The van der Waals surface area contributed by atoms with Gasteiger partial charge in [0.05, 0.1) is 7.11 Å². The fourth-order valence-electron chi connectivity index (χ4n) is 1.91. The largest absolute Gasteiger partial charge is 0.497 e. The van der Waals surface area contributed by atoms with Gasteiger partial charge >= 0.3 is 5.97 Å². The molecule has 1 aliphatic rings. The minimum atomic E-state index is -1.00. The van der Waals surface area contributed by atoms with E-state index in [1.807, 2.05) is 0 Å². The van der Waals surface area contributed by atoms with Crippen LogP contribution in [0, 0.1) is 0 Å². The number of amides is 1. The van der Waals surface area contributed by atoms with Gasteiger partial charge in [-0.05, 0) is 30.5 Å². The molecule has 0 bridgehead atoms. The Morgan fingerprint density at radius 2 is 2.29 bits per heavy atom. The highest BCUT2D eigenvalue weighted by molar-refractivity contribution is 5.98. The summed E-state index contributed by atoms with van der Waals surface area (Å²) in [6.07, 6.45) is 0.968. The van der Waals surface area contributed by atoms with E-state index in [1.165, 1.54) is 7.11 Å². The average molecular weight is 235 g/mol. The SMILES string of the molecule is COc1ccc2c(c1)C(=O)NC(C(=O)O)CC2. The number of hydrogen-bond acceptors (Lipinski definition) is 3. The van der Waals surface area contributed by atoms with E-state index in [1.54, 1.807) is 18.2 Å². The van der Waals surface area contributed by atoms with Gasteiger partial charge in [-0.3, -0.25) is 4.79 Å². The van der Waals surface area contributed by atoms with Crippen LogP contribution in [0.25, 0.3) is 0 Å². The average Bonchev–Trinajstić information content (AvgIpc) is 2.49. The molecular formula is C12H13NO4. The quantitative estimate of drug-likeness (QED) is 0.796. The molecule has 1 unspecified atom stereocenters. The van der Waals surface area contributed by atoms with Crippen molar-refractivity contribution in [2.45, 2.75) is 18.9 Å². The first-order chi connectivity index (χ1) is 8.11. The van der Waals surface area contributed by atoms with Gasteiger partial charge in [0.15, 0.2) is 0 Å². The lowest BCUT2D eigenvalue weighted by molar-refractivity contribution is -0.139. The highest BCUT2D eigenvalue weighted by Crippen LogP contribution is 2.22. The first kappa shape index (κ1) is 11.4. The van der Waals surface area contributed by atoms with E-state index in [0.717, 1.165) is 5.56 Å². The number of aliphatic carboxylic acids is 1. The summed E-state index contributed by atoms with van der Waals surface area (Å²) in [5.74, 6) is -0.769. The Kier molecular flexibility index (Phi) is 2.99. The summed E-state index contributed by atoms with van der Waals surface area (Å²) in [5, 5.41) is 11.4. The molecule has 0 saturated carbocycles. The lowest BCUT2D eigenvalue weighted by atomic mass is 10.0. The van der Waals surface area contributed by atoms with Crippen molar-refractivity contribution >= 4 is 11.9 Å². The van der Waals surface area contributed by atoms with E-state index >= 15 is 0 Å². The van der Waals surface area contributed by atoms with Crippen LogP contribution in [0.15, 0.2) is 18.2 Å². The number of benzene rings is 1. The number of hydrogen-bond donors (Lipinski definition) is 2. The Hall–Kier alpha value is -2.04.